The molecule has 1 aromatic carbocycles. The Labute approximate surface area is 103 Å². The first kappa shape index (κ1) is 11.7. The summed E-state index contributed by atoms with van der Waals surface area (Å²) < 4.78 is 0. The quantitative estimate of drug-likeness (QED) is 0.778. The third kappa shape index (κ3) is 2.87. The summed E-state index contributed by atoms with van der Waals surface area (Å²) in [4.78, 5) is 0. The fraction of sp³-hybridized carbons (Fsp3) is 0.429. The summed E-state index contributed by atoms with van der Waals surface area (Å²) in [6.07, 6.45) is 8.27. The molecule has 16 heavy (non-hydrogen) atoms. The van der Waals surface area contributed by atoms with Crippen LogP contribution in [-0.2, 0) is 0 Å². The van der Waals surface area contributed by atoms with Crippen LogP contribution in [0.15, 0.2) is 36.4 Å². The minimum Gasteiger partial charge on any atom is -0.304 e. The zero-order valence-electron chi connectivity index (χ0n) is 9.62. The molecule has 1 aliphatic rings. The minimum atomic E-state index is 0.307. The topological polar surface area (TPSA) is 12.0 Å². The Morgan fingerprint density at radius 2 is 2.19 bits per heavy atom. The monoisotopic (exact) mass is 235 g/mol. The van der Waals surface area contributed by atoms with E-state index in [1.807, 2.05) is 18.2 Å². The van der Waals surface area contributed by atoms with Crippen LogP contribution in [0.2, 0.25) is 5.02 Å². The van der Waals surface area contributed by atoms with E-state index in [4.69, 9.17) is 11.6 Å². The molecule has 0 heterocycles. The Hall–Kier alpha value is -0.790. The summed E-state index contributed by atoms with van der Waals surface area (Å²) in [5.74, 6) is 0. The van der Waals surface area contributed by atoms with Gasteiger partial charge < -0.3 is 5.32 Å². The van der Waals surface area contributed by atoms with Crippen molar-refractivity contribution in [2.24, 2.45) is 0 Å². The van der Waals surface area contributed by atoms with Crippen LogP contribution in [0, 0.1) is 0 Å². The van der Waals surface area contributed by atoms with Gasteiger partial charge in [-0.05, 0) is 37.8 Å². The molecule has 0 amide bonds. The van der Waals surface area contributed by atoms with Crippen LogP contribution in [-0.4, -0.2) is 6.04 Å². The Bertz CT molecular complexity index is 373. The maximum atomic E-state index is 6.18. The van der Waals surface area contributed by atoms with Gasteiger partial charge in [-0.2, -0.15) is 0 Å². The van der Waals surface area contributed by atoms with Crippen molar-refractivity contribution in [3.05, 3.63) is 47.0 Å². The lowest BCUT2D eigenvalue weighted by molar-refractivity contribution is 0.467. The molecule has 1 aliphatic carbocycles. The normalized spacial score (nSPS) is 22.0. The molecule has 2 atom stereocenters. The molecule has 0 aliphatic heterocycles. The molecule has 2 heteroatoms. The average molecular weight is 236 g/mol. The highest BCUT2D eigenvalue weighted by molar-refractivity contribution is 6.31. The van der Waals surface area contributed by atoms with E-state index in [2.05, 4.69) is 30.5 Å². The first-order valence-electron chi connectivity index (χ1n) is 5.94. The molecule has 86 valence electrons. The lowest BCUT2D eigenvalue weighted by Gasteiger charge is -2.23. The highest BCUT2D eigenvalue weighted by Gasteiger charge is 2.14. The summed E-state index contributed by atoms with van der Waals surface area (Å²) >= 11 is 6.18. The zero-order chi connectivity index (χ0) is 11.4. The third-order valence-corrected chi connectivity index (χ3v) is 3.43. The van der Waals surface area contributed by atoms with Crippen molar-refractivity contribution >= 4 is 11.6 Å². The van der Waals surface area contributed by atoms with Crippen LogP contribution < -0.4 is 5.32 Å². The molecule has 0 bridgehead atoms. The number of halogens is 1. The molecule has 2 unspecified atom stereocenters. The minimum absolute atomic E-state index is 0.307. The van der Waals surface area contributed by atoms with E-state index in [0.717, 1.165) is 5.02 Å². The van der Waals surface area contributed by atoms with Gasteiger partial charge in [-0.15, -0.1) is 0 Å². The Balaban J connectivity index is 2.02. The number of rotatable bonds is 3. The van der Waals surface area contributed by atoms with E-state index < -0.39 is 0 Å². The van der Waals surface area contributed by atoms with Crippen LogP contribution in [0.3, 0.4) is 0 Å². The van der Waals surface area contributed by atoms with E-state index in [0.29, 0.717) is 12.1 Å². The van der Waals surface area contributed by atoms with Gasteiger partial charge in [-0.25, -0.2) is 0 Å². The van der Waals surface area contributed by atoms with E-state index in [1.165, 1.54) is 24.8 Å². The molecule has 1 nitrogen and oxygen atoms in total. The van der Waals surface area contributed by atoms with Crippen LogP contribution >= 0.6 is 11.6 Å². The Morgan fingerprint density at radius 1 is 1.38 bits per heavy atom. The van der Waals surface area contributed by atoms with Crippen LogP contribution in [0.4, 0.5) is 0 Å². The van der Waals surface area contributed by atoms with Crippen molar-refractivity contribution in [1.82, 2.24) is 5.32 Å². The largest absolute Gasteiger partial charge is 0.304 e. The maximum Gasteiger partial charge on any atom is 0.0453 e. The second-order valence-corrected chi connectivity index (χ2v) is 4.78. The van der Waals surface area contributed by atoms with Crippen molar-refractivity contribution in [2.45, 2.75) is 38.3 Å². The van der Waals surface area contributed by atoms with Gasteiger partial charge in [-0.1, -0.05) is 42.0 Å². The van der Waals surface area contributed by atoms with Crippen molar-refractivity contribution in [2.75, 3.05) is 0 Å². The van der Waals surface area contributed by atoms with Crippen molar-refractivity contribution < 1.29 is 0 Å². The van der Waals surface area contributed by atoms with Crippen LogP contribution in [0.1, 0.15) is 37.8 Å². The highest BCUT2D eigenvalue weighted by atomic mass is 35.5. The summed E-state index contributed by atoms with van der Waals surface area (Å²) in [7, 11) is 0. The first-order valence-corrected chi connectivity index (χ1v) is 6.32. The molecule has 0 spiro atoms. The van der Waals surface area contributed by atoms with Crippen LogP contribution in [0.25, 0.3) is 0 Å². The average Bonchev–Trinajstić information content (AvgIpc) is 2.31. The summed E-state index contributed by atoms with van der Waals surface area (Å²) in [5, 5.41) is 4.45. The predicted molar refractivity (Wildman–Crippen MR) is 69.8 cm³/mol. The fourth-order valence-electron chi connectivity index (χ4n) is 2.19. The van der Waals surface area contributed by atoms with Crippen molar-refractivity contribution in [3.8, 4) is 0 Å². The van der Waals surface area contributed by atoms with Gasteiger partial charge in [0.25, 0.3) is 0 Å². The summed E-state index contributed by atoms with van der Waals surface area (Å²) in [5.41, 5.74) is 1.18. The number of hydrogen-bond donors (Lipinski definition) is 1. The third-order valence-electron chi connectivity index (χ3n) is 3.09. The van der Waals surface area contributed by atoms with Crippen molar-refractivity contribution in [1.29, 1.82) is 0 Å². The molecule has 2 rings (SSSR count). The molecule has 0 saturated carbocycles. The van der Waals surface area contributed by atoms with Gasteiger partial charge >= 0.3 is 0 Å². The second kappa shape index (κ2) is 5.51. The molecule has 0 saturated heterocycles. The SMILES string of the molecule is CC(NC1C=CCCC1)c1ccccc1Cl. The molecule has 1 aromatic rings. The van der Waals surface area contributed by atoms with E-state index in [-0.39, 0.29) is 0 Å². The molecular formula is C14H18ClN. The summed E-state index contributed by atoms with van der Waals surface area (Å²) in [6.45, 7) is 2.17. The fourth-order valence-corrected chi connectivity index (χ4v) is 2.49. The first-order chi connectivity index (χ1) is 7.77. The van der Waals surface area contributed by atoms with Gasteiger partial charge in [0.15, 0.2) is 0 Å². The van der Waals surface area contributed by atoms with E-state index in [1.54, 1.807) is 0 Å². The standard InChI is InChI=1S/C14H18ClN/c1-11(13-9-5-6-10-14(13)15)16-12-7-3-2-4-8-12/h3,5-7,9-12,16H,2,4,8H2,1H3. The molecule has 0 aromatic heterocycles. The maximum absolute atomic E-state index is 6.18. The molecular weight excluding hydrogens is 218 g/mol. The van der Waals surface area contributed by atoms with Gasteiger partial charge in [0.05, 0.1) is 0 Å². The van der Waals surface area contributed by atoms with Crippen molar-refractivity contribution in [3.63, 3.8) is 0 Å². The van der Waals surface area contributed by atoms with Gasteiger partial charge in [0.1, 0.15) is 0 Å². The molecule has 0 fully saturated rings. The second-order valence-electron chi connectivity index (χ2n) is 4.38. The molecule has 0 radical (unpaired) electrons. The zero-order valence-corrected chi connectivity index (χ0v) is 10.4. The Morgan fingerprint density at radius 3 is 2.88 bits per heavy atom. The van der Waals surface area contributed by atoms with Gasteiger partial charge in [0, 0.05) is 17.1 Å². The number of nitrogens with one attached hydrogen (secondary N) is 1. The predicted octanol–water partition coefficient (Wildman–Crippen LogP) is 4.10. The smallest absolute Gasteiger partial charge is 0.0453 e. The van der Waals surface area contributed by atoms with E-state index in [9.17, 15) is 0 Å². The van der Waals surface area contributed by atoms with E-state index >= 15 is 0 Å². The number of hydrogen-bond acceptors (Lipinski definition) is 1. The highest BCUT2D eigenvalue weighted by Crippen LogP contribution is 2.23. The number of allylic oxidation sites excluding steroid dienone is 1. The lowest BCUT2D eigenvalue weighted by Crippen LogP contribution is -2.31. The van der Waals surface area contributed by atoms with Gasteiger partial charge in [-0.3, -0.25) is 0 Å². The summed E-state index contributed by atoms with van der Waals surface area (Å²) in [6, 6.07) is 8.86. The molecule has 1 N–H and O–H groups in total. The number of benzene rings is 1. The van der Waals surface area contributed by atoms with Gasteiger partial charge in [0.2, 0.25) is 0 Å². The Kier molecular flexibility index (Phi) is 4.03. The lowest BCUT2D eigenvalue weighted by atomic mass is 10.0. The van der Waals surface area contributed by atoms with Crippen LogP contribution in [0.5, 0.6) is 0 Å².